The Morgan fingerprint density at radius 1 is 0.971 bits per heavy atom. The Morgan fingerprint density at radius 2 is 1.66 bits per heavy atom. The molecule has 178 valence electrons. The molecule has 0 aliphatic rings. The number of carbonyl (C=O) groups is 1. The van der Waals surface area contributed by atoms with Gasteiger partial charge in [0.1, 0.15) is 28.8 Å². The van der Waals surface area contributed by atoms with Gasteiger partial charge >= 0.3 is 5.97 Å². The van der Waals surface area contributed by atoms with E-state index in [1.807, 2.05) is 42.5 Å². The van der Waals surface area contributed by atoms with Crippen LogP contribution in [0, 0.1) is 0 Å². The number of nitrogens with zero attached hydrogens (tertiary/aromatic N) is 2. The third-order valence-electron chi connectivity index (χ3n) is 4.86. The Bertz CT molecular complexity index is 1310. The zero-order chi connectivity index (χ0) is 24.6. The molecule has 0 spiro atoms. The Balaban J connectivity index is 1.56. The number of hydrogen-bond acceptors (Lipinski definition) is 8. The molecule has 8 nitrogen and oxygen atoms in total. The Morgan fingerprint density at radius 3 is 2.34 bits per heavy atom. The second kappa shape index (κ2) is 11.3. The number of carboxylic acids is 1. The standard InChI is InChI=1S/C26H22N2O6S/c1-31-20-12-19(13-21(15-20)32-2)24-27-28-26(34-24)35-23(25(29)30)14-18-10-6-7-11-22(18)33-16-17-8-4-3-5-9-17/h3-15H,16H2,1-2H3,(H,29,30)/b23-14-. The van der Waals surface area contributed by atoms with Gasteiger partial charge in [0.25, 0.3) is 5.22 Å². The predicted octanol–water partition coefficient (Wildman–Crippen LogP) is 5.55. The Hall–Kier alpha value is -4.24. The quantitative estimate of drug-likeness (QED) is 0.226. The minimum atomic E-state index is -1.13. The smallest absolute Gasteiger partial charge is 0.342 e. The zero-order valence-electron chi connectivity index (χ0n) is 19.0. The summed E-state index contributed by atoms with van der Waals surface area (Å²) in [7, 11) is 3.08. The highest BCUT2D eigenvalue weighted by atomic mass is 32.2. The first kappa shape index (κ1) is 23.9. The number of ether oxygens (including phenoxy) is 3. The molecule has 0 amide bonds. The van der Waals surface area contributed by atoms with Crippen molar-refractivity contribution in [2.24, 2.45) is 0 Å². The van der Waals surface area contributed by atoms with Gasteiger partial charge in [0.2, 0.25) is 5.89 Å². The topological polar surface area (TPSA) is 104 Å². The van der Waals surface area contributed by atoms with Gasteiger partial charge in [0.05, 0.1) is 14.2 Å². The van der Waals surface area contributed by atoms with Crippen LogP contribution in [0.25, 0.3) is 17.5 Å². The molecule has 4 rings (SSSR count). The summed E-state index contributed by atoms with van der Waals surface area (Å²) < 4.78 is 22.2. The van der Waals surface area contributed by atoms with Gasteiger partial charge in [-0.3, -0.25) is 0 Å². The lowest BCUT2D eigenvalue weighted by Crippen LogP contribution is -1.99. The summed E-state index contributed by atoms with van der Waals surface area (Å²) in [6.07, 6.45) is 1.52. The first-order valence-electron chi connectivity index (χ1n) is 10.5. The summed E-state index contributed by atoms with van der Waals surface area (Å²) in [5.74, 6) is 0.761. The SMILES string of the molecule is COc1cc(OC)cc(-c2nnc(S/C(=C\c3ccccc3OCc3ccccc3)C(=O)O)o2)c1. The van der Waals surface area contributed by atoms with Crippen molar-refractivity contribution in [2.45, 2.75) is 11.8 Å². The number of rotatable bonds is 10. The van der Waals surface area contributed by atoms with Gasteiger partial charge in [0.15, 0.2) is 0 Å². The highest BCUT2D eigenvalue weighted by Gasteiger charge is 2.18. The van der Waals surface area contributed by atoms with Crippen LogP contribution in [0.2, 0.25) is 0 Å². The fourth-order valence-electron chi connectivity index (χ4n) is 3.14. The molecule has 0 radical (unpaired) electrons. The molecule has 9 heteroatoms. The van der Waals surface area contributed by atoms with Gasteiger partial charge in [0, 0.05) is 17.2 Å². The lowest BCUT2D eigenvalue weighted by atomic mass is 10.2. The summed E-state index contributed by atoms with van der Waals surface area (Å²) in [6, 6.07) is 22.1. The van der Waals surface area contributed by atoms with Gasteiger partial charge in [-0.25, -0.2) is 4.79 Å². The van der Waals surface area contributed by atoms with Gasteiger partial charge in [-0.05, 0) is 41.6 Å². The number of methoxy groups -OCH3 is 2. The van der Waals surface area contributed by atoms with Crippen LogP contribution in [-0.2, 0) is 11.4 Å². The van der Waals surface area contributed by atoms with Crippen LogP contribution in [0.4, 0.5) is 0 Å². The van der Waals surface area contributed by atoms with Crippen LogP contribution < -0.4 is 14.2 Å². The fourth-order valence-corrected chi connectivity index (χ4v) is 3.80. The molecular weight excluding hydrogens is 468 g/mol. The van der Waals surface area contributed by atoms with E-state index in [1.165, 1.54) is 6.08 Å². The lowest BCUT2D eigenvalue weighted by Gasteiger charge is -2.10. The second-order valence-corrected chi connectivity index (χ2v) is 8.20. The van der Waals surface area contributed by atoms with Crippen molar-refractivity contribution in [2.75, 3.05) is 14.2 Å². The summed E-state index contributed by atoms with van der Waals surface area (Å²) in [6.45, 7) is 0.359. The molecule has 0 aliphatic carbocycles. The van der Waals surface area contributed by atoms with Crippen LogP contribution in [0.1, 0.15) is 11.1 Å². The maximum Gasteiger partial charge on any atom is 0.342 e. The normalized spacial score (nSPS) is 11.2. The number of aliphatic carboxylic acids is 1. The maximum absolute atomic E-state index is 12.0. The first-order chi connectivity index (χ1) is 17.1. The monoisotopic (exact) mass is 490 g/mol. The van der Waals surface area contributed by atoms with Crippen molar-refractivity contribution in [3.8, 4) is 28.7 Å². The van der Waals surface area contributed by atoms with E-state index in [-0.39, 0.29) is 16.0 Å². The summed E-state index contributed by atoms with van der Waals surface area (Å²) in [5.41, 5.74) is 2.21. The van der Waals surface area contributed by atoms with Crippen molar-refractivity contribution < 1.29 is 28.5 Å². The van der Waals surface area contributed by atoms with Crippen molar-refractivity contribution in [3.63, 3.8) is 0 Å². The maximum atomic E-state index is 12.0. The summed E-state index contributed by atoms with van der Waals surface area (Å²) >= 11 is 0.853. The van der Waals surface area contributed by atoms with Gasteiger partial charge in [-0.2, -0.15) is 0 Å². The highest BCUT2D eigenvalue weighted by molar-refractivity contribution is 8.03. The number of benzene rings is 3. The van der Waals surface area contributed by atoms with Crippen LogP contribution in [0.3, 0.4) is 0 Å². The predicted molar refractivity (Wildman–Crippen MR) is 132 cm³/mol. The number of hydrogen-bond donors (Lipinski definition) is 1. The second-order valence-electron chi connectivity index (χ2n) is 7.20. The van der Waals surface area contributed by atoms with Crippen molar-refractivity contribution in [3.05, 3.63) is 88.8 Å². The average Bonchev–Trinajstić information content (AvgIpc) is 3.36. The van der Waals surface area contributed by atoms with E-state index >= 15 is 0 Å². The molecule has 3 aromatic carbocycles. The van der Waals surface area contributed by atoms with Gasteiger partial charge in [-0.1, -0.05) is 48.5 Å². The Labute approximate surface area is 206 Å². The van der Waals surface area contributed by atoms with E-state index in [1.54, 1.807) is 44.6 Å². The van der Waals surface area contributed by atoms with Crippen molar-refractivity contribution in [1.29, 1.82) is 0 Å². The number of thioether (sulfide) groups is 1. The van der Waals surface area contributed by atoms with E-state index in [2.05, 4.69) is 10.2 Å². The zero-order valence-corrected chi connectivity index (χ0v) is 19.8. The molecule has 1 N–H and O–H groups in total. The van der Waals surface area contributed by atoms with Crippen molar-refractivity contribution in [1.82, 2.24) is 10.2 Å². The molecule has 0 saturated carbocycles. The third-order valence-corrected chi connectivity index (χ3v) is 5.71. The van der Waals surface area contributed by atoms with E-state index in [9.17, 15) is 9.90 Å². The van der Waals surface area contributed by atoms with Gasteiger partial charge in [-0.15, -0.1) is 10.2 Å². The average molecular weight is 491 g/mol. The molecule has 1 heterocycles. The molecule has 0 saturated heterocycles. The molecule has 0 unspecified atom stereocenters. The van der Waals surface area contributed by atoms with E-state index in [4.69, 9.17) is 18.6 Å². The molecule has 0 aliphatic heterocycles. The summed E-state index contributed by atoms with van der Waals surface area (Å²) in [5, 5.41) is 17.9. The molecule has 0 bridgehead atoms. The van der Waals surface area contributed by atoms with Crippen LogP contribution in [-0.4, -0.2) is 35.5 Å². The van der Waals surface area contributed by atoms with Crippen molar-refractivity contribution >= 4 is 23.8 Å². The molecule has 0 atom stereocenters. The van der Waals surface area contributed by atoms with Crippen LogP contribution >= 0.6 is 11.8 Å². The molecule has 1 aromatic heterocycles. The molecular formula is C26H22N2O6S. The minimum Gasteiger partial charge on any atom is -0.497 e. The number of aromatic nitrogens is 2. The van der Waals surface area contributed by atoms with Crippen LogP contribution in [0.5, 0.6) is 17.2 Å². The first-order valence-corrected chi connectivity index (χ1v) is 11.3. The Kier molecular flexibility index (Phi) is 7.69. The number of carboxylic acid groups (broad SMARTS) is 1. The fraction of sp³-hybridized carbons (Fsp3) is 0.115. The van der Waals surface area contributed by atoms with E-state index in [0.717, 1.165) is 17.3 Å². The molecule has 0 fully saturated rings. The number of para-hydroxylation sites is 1. The highest BCUT2D eigenvalue weighted by Crippen LogP contribution is 2.34. The molecule has 4 aromatic rings. The minimum absolute atomic E-state index is 0.000756. The largest absolute Gasteiger partial charge is 0.497 e. The summed E-state index contributed by atoms with van der Waals surface area (Å²) in [4.78, 5) is 12.0. The molecule has 35 heavy (non-hydrogen) atoms. The van der Waals surface area contributed by atoms with E-state index in [0.29, 0.717) is 35.0 Å². The van der Waals surface area contributed by atoms with Crippen LogP contribution in [0.15, 0.2) is 87.3 Å². The van der Waals surface area contributed by atoms with E-state index < -0.39 is 5.97 Å². The van der Waals surface area contributed by atoms with Gasteiger partial charge < -0.3 is 23.7 Å². The third kappa shape index (κ3) is 6.21. The lowest BCUT2D eigenvalue weighted by molar-refractivity contribution is -0.131.